The van der Waals surface area contributed by atoms with Gasteiger partial charge in [0.1, 0.15) is 31.6 Å². The number of nitrogens with zero attached hydrogens (tertiary/aromatic N) is 3. The number of carbonyl (C=O) groups excluding carboxylic acids is 4. The Balaban J connectivity index is 1.38. The predicted molar refractivity (Wildman–Crippen MR) is 176 cm³/mol. The minimum absolute atomic E-state index is 0.0139. The van der Waals surface area contributed by atoms with Gasteiger partial charge in [0.15, 0.2) is 12.2 Å². The molecule has 0 aromatic heterocycles. The molecule has 1 fully saturated rings. The summed E-state index contributed by atoms with van der Waals surface area (Å²) in [6.45, 7) is 3.40. The highest BCUT2D eigenvalue weighted by atomic mass is 16.8. The van der Waals surface area contributed by atoms with Gasteiger partial charge in [-0.2, -0.15) is 0 Å². The summed E-state index contributed by atoms with van der Waals surface area (Å²) in [4.78, 5) is 55.4. The summed E-state index contributed by atoms with van der Waals surface area (Å²) < 4.78 is 41.0. The van der Waals surface area contributed by atoms with Gasteiger partial charge >= 0.3 is 23.9 Å². The average molecular weight is 694 g/mol. The minimum Gasteiger partial charge on any atom is -0.471 e. The lowest BCUT2D eigenvalue weighted by molar-refractivity contribution is -0.318. The first-order chi connectivity index (χ1) is 24.9. The van der Waals surface area contributed by atoms with Crippen LogP contribution in [-0.2, 0) is 38.0 Å². The Morgan fingerprint density at radius 3 is 1.98 bits per heavy atom. The molecular formula is C37H31N3O11. The standard InChI is InChI=1S/C37H31N3O11/c1-2-25-26-18-19-45-35(44)27(26)20-47-36(25)51-37-31(50-34(43)24-16-10-5-11-17-24)30(49-33(42)23-14-8-4-9-15-23)29(39-40-38)28(48-37)21-46-32(41)22-12-6-3-7-13-22/h2-18,20,25,28-31,36-37H,1,19,21H2/t25-,28-,29+,30+,31-,36+,37+/m1/s1. The lowest BCUT2D eigenvalue weighted by Crippen LogP contribution is -2.62. The van der Waals surface area contributed by atoms with Crippen molar-refractivity contribution in [2.24, 2.45) is 11.0 Å². The summed E-state index contributed by atoms with van der Waals surface area (Å²) in [5, 5.41) is 3.87. The van der Waals surface area contributed by atoms with Gasteiger partial charge in [-0.3, -0.25) is 0 Å². The Morgan fingerprint density at radius 1 is 0.843 bits per heavy atom. The monoisotopic (exact) mass is 693 g/mol. The van der Waals surface area contributed by atoms with Crippen molar-refractivity contribution in [2.45, 2.75) is 36.9 Å². The van der Waals surface area contributed by atoms with Crippen LogP contribution in [0.3, 0.4) is 0 Å². The summed E-state index contributed by atoms with van der Waals surface area (Å²) >= 11 is 0. The highest BCUT2D eigenvalue weighted by Gasteiger charge is 2.53. The van der Waals surface area contributed by atoms with Gasteiger partial charge in [0.25, 0.3) is 0 Å². The van der Waals surface area contributed by atoms with Gasteiger partial charge in [0, 0.05) is 4.91 Å². The number of ether oxygens (including phenoxy) is 7. The quantitative estimate of drug-likeness (QED) is 0.0640. The molecule has 3 aromatic carbocycles. The third kappa shape index (κ3) is 7.84. The molecule has 14 heteroatoms. The molecule has 0 N–H and O–H groups in total. The molecule has 0 aliphatic carbocycles. The van der Waals surface area contributed by atoms with E-state index in [1.807, 2.05) is 0 Å². The van der Waals surface area contributed by atoms with E-state index in [9.17, 15) is 24.7 Å². The van der Waals surface area contributed by atoms with Crippen LogP contribution >= 0.6 is 0 Å². The number of esters is 4. The van der Waals surface area contributed by atoms with Crippen LogP contribution in [-0.4, -0.2) is 74.0 Å². The number of hydrogen-bond donors (Lipinski definition) is 0. The number of cyclic esters (lactones) is 1. The molecule has 0 amide bonds. The highest BCUT2D eigenvalue weighted by molar-refractivity contribution is 5.95. The van der Waals surface area contributed by atoms with Crippen LogP contribution in [0.25, 0.3) is 10.4 Å². The van der Waals surface area contributed by atoms with Crippen molar-refractivity contribution in [1.82, 2.24) is 0 Å². The fourth-order valence-electron chi connectivity index (χ4n) is 5.74. The second-order valence-electron chi connectivity index (χ2n) is 11.4. The van der Waals surface area contributed by atoms with E-state index in [2.05, 4.69) is 16.6 Å². The molecule has 0 spiro atoms. The van der Waals surface area contributed by atoms with Crippen LogP contribution in [0.2, 0.25) is 0 Å². The van der Waals surface area contributed by atoms with E-state index >= 15 is 0 Å². The number of benzene rings is 3. The van der Waals surface area contributed by atoms with Crippen LogP contribution in [0.5, 0.6) is 0 Å². The summed E-state index contributed by atoms with van der Waals surface area (Å²) in [6, 6.07) is 22.8. The molecule has 0 saturated carbocycles. The maximum absolute atomic E-state index is 13.6. The second-order valence-corrected chi connectivity index (χ2v) is 11.4. The van der Waals surface area contributed by atoms with Crippen LogP contribution in [0.4, 0.5) is 0 Å². The third-order valence-electron chi connectivity index (χ3n) is 8.24. The number of hydrogen-bond acceptors (Lipinski definition) is 12. The molecule has 3 aliphatic rings. The van der Waals surface area contributed by atoms with Crippen molar-refractivity contribution in [2.75, 3.05) is 13.2 Å². The van der Waals surface area contributed by atoms with Gasteiger partial charge in [0.2, 0.25) is 12.6 Å². The van der Waals surface area contributed by atoms with E-state index in [0.717, 1.165) is 0 Å². The molecule has 3 aromatic rings. The summed E-state index contributed by atoms with van der Waals surface area (Å²) in [5.74, 6) is -3.70. The lowest BCUT2D eigenvalue weighted by atomic mass is 9.89. The number of fused-ring (bicyclic) bond motifs is 1. The van der Waals surface area contributed by atoms with Gasteiger partial charge in [-0.05, 0) is 53.6 Å². The summed E-state index contributed by atoms with van der Waals surface area (Å²) in [6.07, 6.45) is -2.84. The predicted octanol–water partition coefficient (Wildman–Crippen LogP) is 5.24. The smallest absolute Gasteiger partial charge is 0.341 e. The first-order valence-corrected chi connectivity index (χ1v) is 15.8. The average Bonchev–Trinajstić information content (AvgIpc) is 3.17. The number of carbonyl (C=O) groups is 4. The lowest BCUT2D eigenvalue weighted by Gasteiger charge is -2.45. The number of azide groups is 1. The molecule has 3 aliphatic heterocycles. The zero-order valence-electron chi connectivity index (χ0n) is 26.9. The molecule has 14 nitrogen and oxygen atoms in total. The Hall–Kier alpha value is -6.21. The maximum Gasteiger partial charge on any atom is 0.341 e. The SMILES string of the molecule is C=C[C@@H]1C2=CCOC(=O)C2=CO[C@H]1O[C@@H]1O[C@H](COC(=O)c2ccccc2)[C@H](N=[N+]=[N-])[C@H](OC(=O)c2ccccc2)[C@H]1OC(=O)c1ccccc1. The second kappa shape index (κ2) is 16.0. The van der Waals surface area contributed by atoms with Crippen molar-refractivity contribution in [1.29, 1.82) is 0 Å². The zero-order valence-corrected chi connectivity index (χ0v) is 26.9. The van der Waals surface area contributed by atoms with Crippen LogP contribution in [0, 0.1) is 5.92 Å². The van der Waals surface area contributed by atoms with E-state index in [-0.39, 0.29) is 28.9 Å². The van der Waals surface area contributed by atoms with E-state index in [4.69, 9.17) is 33.2 Å². The van der Waals surface area contributed by atoms with Crippen molar-refractivity contribution in [3.63, 3.8) is 0 Å². The fraction of sp³-hybridized carbons (Fsp3) is 0.243. The van der Waals surface area contributed by atoms with E-state index in [1.54, 1.807) is 72.8 Å². The summed E-state index contributed by atoms with van der Waals surface area (Å²) in [5.41, 5.74) is 10.9. The van der Waals surface area contributed by atoms with Gasteiger partial charge in [-0.25, -0.2) is 19.2 Å². The maximum atomic E-state index is 13.6. The Labute approximate surface area is 291 Å². The first-order valence-electron chi connectivity index (χ1n) is 15.8. The highest BCUT2D eigenvalue weighted by Crippen LogP contribution is 2.38. The molecule has 0 unspecified atom stereocenters. The third-order valence-corrected chi connectivity index (χ3v) is 8.24. The minimum atomic E-state index is -1.59. The Morgan fingerprint density at radius 2 is 1.41 bits per heavy atom. The van der Waals surface area contributed by atoms with Gasteiger partial charge in [-0.15, -0.1) is 6.58 Å². The fourth-order valence-corrected chi connectivity index (χ4v) is 5.74. The van der Waals surface area contributed by atoms with Crippen molar-refractivity contribution >= 4 is 23.9 Å². The van der Waals surface area contributed by atoms with Crippen molar-refractivity contribution < 1.29 is 52.3 Å². The summed E-state index contributed by atoms with van der Waals surface area (Å²) in [7, 11) is 0. The van der Waals surface area contributed by atoms with Crippen LogP contribution < -0.4 is 0 Å². The van der Waals surface area contributed by atoms with Gasteiger partial charge in [0.05, 0.1) is 28.2 Å². The van der Waals surface area contributed by atoms with Crippen molar-refractivity contribution in [3.05, 3.63) is 154 Å². The zero-order chi connectivity index (χ0) is 35.7. The van der Waals surface area contributed by atoms with Gasteiger partial charge in [-0.1, -0.05) is 65.8 Å². The van der Waals surface area contributed by atoms with Crippen molar-refractivity contribution in [3.8, 4) is 0 Å². The Bertz CT molecular complexity index is 1880. The molecule has 260 valence electrons. The molecule has 0 radical (unpaired) electrons. The van der Waals surface area contributed by atoms with Crippen LogP contribution in [0.1, 0.15) is 31.1 Å². The molecule has 7 atom stereocenters. The van der Waals surface area contributed by atoms with Crippen LogP contribution in [0.15, 0.2) is 132 Å². The Kier molecular flexibility index (Phi) is 10.9. The largest absolute Gasteiger partial charge is 0.471 e. The van der Waals surface area contributed by atoms with E-state index in [1.165, 1.54) is 36.6 Å². The molecule has 51 heavy (non-hydrogen) atoms. The first kappa shape index (κ1) is 34.6. The normalized spacial score (nSPS) is 25.2. The van der Waals surface area contributed by atoms with Gasteiger partial charge < -0.3 is 33.2 Å². The number of rotatable bonds is 11. The topological polar surface area (TPSA) is 182 Å². The molecule has 6 rings (SSSR count). The molecule has 0 bridgehead atoms. The molecular weight excluding hydrogens is 662 g/mol. The molecule has 3 heterocycles. The van der Waals surface area contributed by atoms with E-state index in [0.29, 0.717) is 5.57 Å². The van der Waals surface area contributed by atoms with E-state index < -0.39 is 73.3 Å². The molecule has 1 saturated heterocycles.